The molecular weight excluding hydrogens is 491 g/mol. The SMILES string of the molecule is CCCCCCCCCC/C=C/CC/C=C/C(O)C(COP(=O)([O-])OCC[N+](C)(C)C)NC(=O)CCC. The Morgan fingerprint density at radius 3 is 2.14 bits per heavy atom. The van der Waals surface area contributed by atoms with Crippen LogP contribution >= 0.6 is 7.82 Å². The summed E-state index contributed by atoms with van der Waals surface area (Å²) in [6, 6.07) is -0.892. The molecule has 0 bridgehead atoms. The van der Waals surface area contributed by atoms with Crippen LogP contribution in [0.2, 0.25) is 0 Å². The molecule has 218 valence electrons. The van der Waals surface area contributed by atoms with Crippen molar-refractivity contribution in [1.29, 1.82) is 0 Å². The molecule has 37 heavy (non-hydrogen) atoms. The first-order valence-corrected chi connectivity index (χ1v) is 15.7. The highest BCUT2D eigenvalue weighted by Gasteiger charge is 2.22. The number of hydrogen-bond donors (Lipinski definition) is 2. The van der Waals surface area contributed by atoms with Crippen molar-refractivity contribution in [2.75, 3.05) is 40.9 Å². The van der Waals surface area contributed by atoms with Crippen LogP contribution in [0.4, 0.5) is 0 Å². The van der Waals surface area contributed by atoms with Gasteiger partial charge in [-0.05, 0) is 32.1 Å². The smallest absolute Gasteiger partial charge is 0.268 e. The highest BCUT2D eigenvalue weighted by Crippen LogP contribution is 2.38. The fourth-order valence-electron chi connectivity index (χ4n) is 3.56. The van der Waals surface area contributed by atoms with Crippen molar-refractivity contribution in [1.82, 2.24) is 5.32 Å². The third-order valence-corrected chi connectivity index (χ3v) is 6.85. The minimum absolute atomic E-state index is 0.00778. The maximum Gasteiger partial charge on any atom is 0.268 e. The molecule has 0 aromatic heterocycles. The molecule has 0 saturated carbocycles. The number of amides is 1. The number of rotatable bonds is 24. The van der Waals surface area contributed by atoms with E-state index in [9.17, 15) is 19.4 Å². The Hall–Kier alpha value is -1.02. The van der Waals surface area contributed by atoms with Gasteiger partial charge in [0, 0.05) is 6.42 Å². The zero-order valence-corrected chi connectivity index (χ0v) is 25.1. The van der Waals surface area contributed by atoms with E-state index in [2.05, 4.69) is 24.4 Å². The highest BCUT2D eigenvalue weighted by atomic mass is 31.2. The molecular formula is C28H55N2O6P. The Kier molecular flexibility index (Phi) is 21.3. The predicted molar refractivity (Wildman–Crippen MR) is 150 cm³/mol. The Bertz CT molecular complexity index is 678. The maximum absolute atomic E-state index is 12.1. The van der Waals surface area contributed by atoms with Gasteiger partial charge >= 0.3 is 0 Å². The largest absolute Gasteiger partial charge is 0.756 e. The molecule has 0 aliphatic heterocycles. The molecule has 0 radical (unpaired) electrons. The van der Waals surface area contributed by atoms with Gasteiger partial charge in [-0.15, -0.1) is 0 Å². The molecule has 0 saturated heterocycles. The number of unbranched alkanes of at least 4 members (excludes halogenated alkanes) is 9. The average Bonchev–Trinajstić information content (AvgIpc) is 2.81. The van der Waals surface area contributed by atoms with Gasteiger partial charge in [-0.3, -0.25) is 9.36 Å². The molecule has 0 spiro atoms. The quantitative estimate of drug-likeness (QED) is 0.0740. The summed E-state index contributed by atoms with van der Waals surface area (Å²) in [5.41, 5.74) is 0. The van der Waals surface area contributed by atoms with Crippen molar-refractivity contribution in [2.24, 2.45) is 0 Å². The number of aliphatic hydroxyl groups is 1. The summed E-state index contributed by atoms with van der Waals surface area (Å²) in [7, 11) is 1.23. The molecule has 0 aliphatic rings. The van der Waals surface area contributed by atoms with E-state index in [0.29, 0.717) is 17.4 Å². The average molecular weight is 547 g/mol. The topological polar surface area (TPSA) is 108 Å². The predicted octanol–water partition coefficient (Wildman–Crippen LogP) is 5.26. The van der Waals surface area contributed by atoms with Crippen LogP contribution in [-0.2, 0) is 18.4 Å². The molecule has 0 rings (SSSR count). The molecule has 3 unspecified atom stereocenters. The van der Waals surface area contributed by atoms with Crippen LogP contribution in [-0.4, -0.2) is 68.5 Å². The van der Waals surface area contributed by atoms with E-state index in [0.717, 1.165) is 19.3 Å². The summed E-state index contributed by atoms with van der Waals surface area (Å²) < 4.78 is 22.6. The maximum atomic E-state index is 12.1. The fourth-order valence-corrected chi connectivity index (χ4v) is 4.28. The van der Waals surface area contributed by atoms with E-state index in [1.165, 1.54) is 51.4 Å². The highest BCUT2D eigenvalue weighted by molar-refractivity contribution is 7.45. The molecule has 2 N–H and O–H groups in total. The van der Waals surface area contributed by atoms with E-state index < -0.39 is 26.6 Å². The number of carbonyl (C=O) groups excluding carboxylic acids is 1. The van der Waals surface area contributed by atoms with Crippen molar-refractivity contribution in [3.05, 3.63) is 24.3 Å². The number of aliphatic hydroxyl groups excluding tert-OH is 1. The molecule has 0 aromatic rings. The lowest BCUT2D eigenvalue weighted by Crippen LogP contribution is -2.45. The fraction of sp³-hybridized carbons (Fsp3) is 0.821. The lowest BCUT2D eigenvalue weighted by molar-refractivity contribution is -0.870. The van der Waals surface area contributed by atoms with Crippen LogP contribution < -0.4 is 10.2 Å². The summed E-state index contributed by atoms with van der Waals surface area (Å²) >= 11 is 0. The second-order valence-corrected chi connectivity index (χ2v) is 12.2. The number of phosphoric ester groups is 1. The number of nitrogens with one attached hydrogen (secondary N) is 1. The van der Waals surface area contributed by atoms with E-state index in [-0.39, 0.29) is 18.9 Å². The first-order chi connectivity index (χ1) is 17.5. The molecule has 0 heterocycles. The van der Waals surface area contributed by atoms with Crippen LogP contribution in [0.3, 0.4) is 0 Å². The van der Waals surface area contributed by atoms with Gasteiger partial charge in [0.2, 0.25) is 5.91 Å². The lowest BCUT2D eigenvalue weighted by Gasteiger charge is -2.29. The number of carbonyl (C=O) groups is 1. The van der Waals surface area contributed by atoms with Crippen LogP contribution in [0.15, 0.2) is 24.3 Å². The molecule has 8 nitrogen and oxygen atoms in total. The zero-order chi connectivity index (χ0) is 28.0. The second kappa shape index (κ2) is 21.9. The van der Waals surface area contributed by atoms with Gasteiger partial charge in [0.05, 0.1) is 39.9 Å². The molecule has 0 aromatic carbocycles. The van der Waals surface area contributed by atoms with Crippen molar-refractivity contribution >= 4 is 13.7 Å². The monoisotopic (exact) mass is 546 g/mol. The van der Waals surface area contributed by atoms with Gasteiger partial charge in [0.15, 0.2) is 0 Å². The molecule has 9 heteroatoms. The first-order valence-electron chi connectivity index (χ1n) is 14.2. The van der Waals surface area contributed by atoms with Gasteiger partial charge in [0.1, 0.15) is 13.2 Å². The van der Waals surface area contributed by atoms with Gasteiger partial charge in [-0.25, -0.2) is 0 Å². The van der Waals surface area contributed by atoms with Crippen LogP contribution in [0.1, 0.15) is 97.3 Å². The lowest BCUT2D eigenvalue weighted by atomic mass is 10.1. The summed E-state index contributed by atoms with van der Waals surface area (Å²) in [5.74, 6) is -0.265. The van der Waals surface area contributed by atoms with Crippen LogP contribution in [0.25, 0.3) is 0 Å². The minimum atomic E-state index is -4.55. The number of quaternary nitrogens is 1. The number of hydrogen-bond acceptors (Lipinski definition) is 6. The van der Waals surface area contributed by atoms with Crippen LogP contribution in [0, 0.1) is 0 Å². The van der Waals surface area contributed by atoms with Crippen molar-refractivity contribution in [3.63, 3.8) is 0 Å². The van der Waals surface area contributed by atoms with Crippen LogP contribution in [0.5, 0.6) is 0 Å². The van der Waals surface area contributed by atoms with Crippen molar-refractivity contribution in [3.8, 4) is 0 Å². The number of phosphoric acid groups is 1. The van der Waals surface area contributed by atoms with Gasteiger partial charge in [0.25, 0.3) is 7.82 Å². The number of allylic oxidation sites excluding steroid dienone is 3. The van der Waals surface area contributed by atoms with E-state index in [4.69, 9.17) is 9.05 Å². The molecule has 0 aliphatic carbocycles. The summed E-state index contributed by atoms with van der Waals surface area (Å²) in [6.45, 7) is 4.20. The summed E-state index contributed by atoms with van der Waals surface area (Å²) in [5, 5.41) is 13.2. The number of likely N-dealkylation sites (N-methyl/N-ethyl adjacent to an activating group) is 1. The Morgan fingerprint density at radius 1 is 0.919 bits per heavy atom. The molecule has 3 atom stereocenters. The summed E-state index contributed by atoms with van der Waals surface area (Å²) in [6.07, 6.45) is 20.9. The van der Waals surface area contributed by atoms with Crippen molar-refractivity contribution < 1.29 is 32.9 Å². The normalized spacial score (nSPS) is 15.8. The molecule has 1 amide bonds. The van der Waals surface area contributed by atoms with Gasteiger partial charge in [-0.2, -0.15) is 0 Å². The summed E-state index contributed by atoms with van der Waals surface area (Å²) in [4.78, 5) is 24.2. The standard InChI is InChI=1S/C28H55N2O6P/c1-6-8-9-10-11-12-13-14-15-16-17-18-19-20-22-27(31)26(29-28(32)21-7-2)25-36-37(33,34)35-24-23-30(3,4)5/h16-17,20,22,26-27,31H,6-15,18-19,21,23-25H2,1-5H3,(H-,29,32,33,34)/b17-16+,22-20+. The Balaban J connectivity index is 4.42. The van der Waals surface area contributed by atoms with E-state index in [1.807, 2.05) is 34.1 Å². The molecule has 0 fully saturated rings. The number of nitrogens with zero attached hydrogens (tertiary/aromatic N) is 1. The van der Waals surface area contributed by atoms with Gasteiger partial charge in [-0.1, -0.05) is 83.1 Å². The Morgan fingerprint density at radius 2 is 1.51 bits per heavy atom. The third kappa shape index (κ3) is 23.8. The van der Waals surface area contributed by atoms with E-state index in [1.54, 1.807) is 6.08 Å². The first kappa shape index (κ1) is 36.0. The van der Waals surface area contributed by atoms with Crippen molar-refractivity contribution in [2.45, 2.75) is 109 Å². The van der Waals surface area contributed by atoms with E-state index >= 15 is 0 Å². The van der Waals surface area contributed by atoms with Gasteiger partial charge < -0.3 is 28.8 Å². The minimum Gasteiger partial charge on any atom is -0.756 e. The zero-order valence-electron chi connectivity index (χ0n) is 24.2. The Labute approximate surface area is 226 Å². The second-order valence-electron chi connectivity index (χ2n) is 10.7. The third-order valence-electron chi connectivity index (χ3n) is 5.88.